The van der Waals surface area contributed by atoms with Gasteiger partial charge in [0, 0.05) is 12.8 Å². The van der Waals surface area contributed by atoms with Gasteiger partial charge in [-0.15, -0.1) is 0 Å². The Hall–Kier alpha value is -2.14. The van der Waals surface area contributed by atoms with Crippen molar-refractivity contribution in [3.8, 4) is 0 Å². The minimum absolute atomic E-state index is 0.0639. The van der Waals surface area contributed by atoms with Crippen LogP contribution in [0.2, 0.25) is 0 Å². The molecule has 0 spiro atoms. The highest BCUT2D eigenvalue weighted by Crippen LogP contribution is 2.16. The zero-order valence-electron chi connectivity index (χ0n) is 34.3. The Kier molecular flexibility index (Phi) is 41.5. The summed E-state index contributed by atoms with van der Waals surface area (Å²) in [6, 6.07) is 0. The molecule has 0 aromatic heterocycles. The van der Waals surface area contributed by atoms with E-state index in [-0.39, 0.29) is 25.2 Å². The lowest BCUT2D eigenvalue weighted by molar-refractivity contribution is -0.161. The van der Waals surface area contributed by atoms with Crippen LogP contribution < -0.4 is 0 Å². The first-order valence-corrected chi connectivity index (χ1v) is 22.2. The lowest BCUT2D eigenvalue weighted by Crippen LogP contribution is -2.28. The van der Waals surface area contributed by atoms with Crippen LogP contribution in [0, 0.1) is 0 Å². The van der Waals surface area contributed by atoms with Crippen LogP contribution in [0.5, 0.6) is 0 Å². The predicted molar refractivity (Wildman–Crippen MR) is 224 cm³/mol. The summed E-state index contributed by atoms with van der Waals surface area (Å²) in [6.45, 7) is 3.94. The summed E-state index contributed by atoms with van der Waals surface area (Å²) < 4.78 is 10.5. The highest BCUT2D eigenvalue weighted by atomic mass is 16.6. The fraction of sp³-hybridized carbons (Fsp3) is 0.787. The smallest absolute Gasteiger partial charge is 0.306 e. The molecular formula is C47H84O5. The Balaban J connectivity index is 3.37. The molecule has 0 bridgehead atoms. The molecule has 0 aliphatic heterocycles. The van der Waals surface area contributed by atoms with Crippen molar-refractivity contribution in [1.29, 1.82) is 0 Å². The van der Waals surface area contributed by atoms with Gasteiger partial charge in [0.2, 0.25) is 0 Å². The topological polar surface area (TPSA) is 72.8 Å². The maximum Gasteiger partial charge on any atom is 0.306 e. The number of rotatable bonds is 40. The Morgan fingerprint density at radius 2 is 0.827 bits per heavy atom. The molecule has 0 aliphatic carbocycles. The molecule has 52 heavy (non-hydrogen) atoms. The highest BCUT2D eigenvalue weighted by Gasteiger charge is 2.16. The van der Waals surface area contributed by atoms with E-state index in [4.69, 9.17) is 9.47 Å². The van der Waals surface area contributed by atoms with Gasteiger partial charge in [0.1, 0.15) is 6.61 Å². The van der Waals surface area contributed by atoms with E-state index in [1.54, 1.807) is 0 Å². The molecule has 0 rings (SSSR count). The van der Waals surface area contributed by atoms with Crippen molar-refractivity contribution in [3.63, 3.8) is 0 Å². The Bertz CT molecular complexity index is 873. The third kappa shape index (κ3) is 40.6. The second-order valence-electron chi connectivity index (χ2n) is 14.8. The van der Waals surface area contributed by atoms with E-state index in [0.29, 0.717) is 12.8 Å². The van der Waals surface area contributed by atoms with Gasteiger partial charge in [0.05, 0.1) is 6.61 Å². The van der Waals surface area contributed by atoms with E-state index >= 15 is 0 Å². The highest BCUT2D eigenvalue weighted by molar-refractivity contribution is 5.70. The van der Waals surface area contributed by atoms with E-state index in [1.807, 2.05) is 0 Å². The number of carbonyl (C=O) groups is 2. The van der Waals surface area contributed by atoms with Gasteiger partial charge in [-0.1, -0.05) is 204 Å². The number of unbranched alkanes of at least 4 members (excludes halogenated alkanes) is 24. The predicted octanol–water partition coefficient (Wildman–Crippen LogP) is 14.2. The molecule has 0 aromatic rings. The van der Waals surface area contributed by atoms with E-state index in [2.05, 4.69) is 62.5 Å². The Labute approximate surface area is 322 Å². The molecule has 0 radical (unpaired) electrons. The minimum Gasteiger partial charge on any atom is -0.462 e. The van der Waals surface area contributed by atoms with Gasteiger partial charge in [-0.05, 0) is 51.4 Å². The van der Waals surface area contributed by atoms with Crippen molar-refractivity contribution in [2.24, 2.45) is 0 Å². The Morgan fingerprint density at radius 3 is 1.25 bits per heavy atom. The van der Waals surface area contributed by atoms with Crippen LogP contribution in [0.3, 0.4) is 0 Å². The normalized spacial score (nSPS) is 12.6. The van der Waals surface area contributed by atoms with Gasteiger partial charge >= 0.3 is 11.9 Å². The number of esters is 2. The maximum absolute atomic E-state index is 12.1. The fourth-order valence-electron chi connectivity index (χ4n) is 6.31. The van der Waals surface area contributed by atoms with Gasteiger partial charge in [-0.3, -0.25) is 9.59 Å². The summed E-state index contributed by atoms with van der Waals surface area (Å²) in [5, 5.41) is 9.48. The van der Waals surface area contributed by atoms with Crippen LogP contribution in [0.25, 0.3) is 0 Å². The first-order chi connectivity index (χ1) is 25.6. The second kappa shape index (κ2) is 43.3. The molecule has 302 valence electrons. The number of allylic oxidation sites excluding steroid dienone is 8. The molecule has 1 unspecified atom stereocenters. The molecule has 0 amide bonds. The first-order valence-electron chi connectivity index (χ1n) is 22.2. The molecular weight excluding hydrogens is 645 g/mol. The largest absolute Gasteiger partial charge is 0.462 e. The van der Waals surface area contributed by atoms with Crippen molar-refractivity contribution in [2.45, 2.75) is 225 Å². The van der Waals surface area contributed by atoms with Gasteiger partial charge in [-0.25, -0.2) is 0 Å². The minimum atomic E-state index is -0.764. The van der Waals surface area contributed by atoms with Gasteiger partial charge in [0.25, 0.3) is 0 Å². The van der Waals surface area contributed by atoms with Crippen molar-refractivity contribution in [3.05, 3.63) is 48.6 Å². The standard InChI is InChI=1S/C47H84O5/c1-3-5-7-9-10-11-12-13-14-15-16-17-18-19-20-21-22-23-24-25-26-27-28-29-30-31-32-33-34-35-36-38-40-42-47(50)52-45(43-48)44-51-46(49)41-39-37-8-6-4-2/h5,7,10-11,13-14,16-17,45,48H,3-4,6,8-9,12,15,18-44H2,1-2H3/b7-5-,11-10-,14-13-,17-16-. The average molecular weight is 729 g/mol. The number of aliphatic hydroxyl groups is 1. The molecule has 5 heteroatoms. The van der Waals surface area contributed by atoms with Crippen LogP contribution in [-0.4, -0.2) is 36.4 Å². The zero-order valence-corrected chi connectivity index (χ0v) is 34.3. The summed E-state index contributed by atoms with van der Waals surface area (Å²) in [5.74, 6) is -0.598. The third-order valence-corrected chi connectivity index (χ3v) is 9.64. The van der Waals surface area contributed by atoms with E-state index in [9.17, 15) is 14.7 Å². The van der Waals surface area contributed by atoms with Crippen LogP contribution in [-0.2, 0) is 19.1 Å². The van der Waals surface area contributed by atoms with Crippen molar-refractivity contribution in [1.82, 2.24) is 0 Å². The monoisotopic (exact) mass is 729 g/mol. The number of hydrogen-bond donors (Lipinski definition) is 1. The third-order valence-electron chi connectivity index (χ3n) is 9.64. The molecule has 0 saturated carbocycles. The van der Waals surface area contributed by atoms with Crippen molar-refractivity contribution in [2.75, 3.05) is 13.2 Å². The molecule has 0 saturated heterocycles. The number of aliphatic hydroxyl groups excluding tert-OH is 1. The van der Waals surface area contributed by atoms with Gasteiger partial charge in [-0.2, -0.15) is 0 Å². The number of ether oxygens (including phenoxy) is 2. The summed E-state index contributed by atoms with van der Waals surface area (Å²) >= 11 is 0. The lowest BCUT2D eigenvalue weighted by Gasteiger charge is -2.15. The lowest BCUT2D eigenvalue weighted by atomic mass is 10.0. The Morgan fingerprint density at radius 1 is 0.462 bits per heavy atom. The summed E-state index contributed by atoms with van der Waals surface area (Å²) in [4.78, 5) is 24.0. The number of hydrogen-bond acceptors (Lipinski definition) is 5. The molecule has 1 N–H and O–H groups in total. The average Bonchev–Trinajstić information content (AvgIpc) is 3.15. The molecule has 0 fully saturated rings. The van der Waals surface area contributed by atoms with Crippen LogP contribution in [0.15, 0.2) is 48.6 Å². The molecule has 0 aromatic carbocycles. The first kappa shape index (κ1) is 49.9. The molecule has 5 nitrogen and oxygen atoms in total. The van der Waals surface area contributed by atoms with E-state index in [0.717, 1.165) is 64.2 Å². The SMILES string of the molecule is CC/C=C\C/C=C\C/C=C\C/C=C\CCCCCCCCCCCCCCCCCCCCCCC(=O)OC(CO)COC(=O)CCCCCCC. The van der Waals surface area contributed by atoms with E-state index in [1.165, 1.54) is 128 Å². The molecule has 1 atom stereocenters. The van der Waals surface area contributed by atoms with Crippen LogP contribution >= 0.6 is 0 Å². The van der Waals surface area contributed by atoms with E-state index < -0.39 is 6.10 Å². The summed E-state index contributed by atoms with van der Waals surface area (Å²) in [7, 11) is 0. The molecule has 0 heterocycles. The van der Waals surface area contributed by atoms with Gasteiger partial charge in [0.15, 0.2) is 6.10 Å². The number of carbonyl (C=O) groups excluding carboxylic acids is 2. The maximum atomic E-state index is 12.1. The fourth-order valence-corrected chi connectivity index (χ4v) is 6.31. The summed E-state index contributed by atoms with van der Waals surface area (Å²) in [5.41, 5.74) is 0. The zero-order chi connectivity index (χ0) is 37.8. The second-order valence-corrected chi connectivity index (χ2v) is 14.8. The molecule has 0 aliphatic rings. The van der Waals surface area contributed by atoms with Crippen molar-refractivity contribution >= 4 is 11.9 Å². The quantitative estimate of drug-likeness (QED) is 0.0386. The van der Waals surface area contributed by atoms with Crippen LogP contribution in [0.4, 0.5) is 0 Å². The van der Waals surface area contributed by atoms with Crippen LogP contribution in [0.1, 0.15) is 219 Å². The van der Waals surface area contributed by atoms with Gasteiger partial charge < -0.3 is 14.6 Å². The summed E-state index contributed by atoms with van der Waals surface area (Å²) in [6.07, 6.45) is 55.4. The van der Waals surface area contributed by atoms with Crippen molar-refractivity contribution < 1.29 is 24.2 Å².